The number of ketones is 1. The normalized spacial score (nSPS) is 47.5. The third-order valence-corrected chi connectivity index (χ3v) is 8.63. The highest BCUT2D eigenvalue weighted by Crippen LogP contribution is 2.66. The topological polar surface area (TPSA) is 57.6 Å². The molecule has 1 amide bonds. The molecule has 0 aromatic rings. The average Bonchev–Trinajstić information content (AvgIpc) is 2.90. The Morgan fingerprint density at radius 3 is 2.62 bits per heavy atom. The summed E-state index contributed by atoms with van der Waals surface area (Å²) in [5, 5.41) is 11.3. The molecule has 0 spiro atoms. The van der Waals surface area contributed by atoms with Crippen LogP contribution in [0.2, 0.25) is 0 Å². The number of aliphatic hydroxyl groups excluding tert-OH is 1. The maximum absolute atomic E-state index is 12.8. The molecule has 1 N–H and O–H groups in total. The minimum Gasteiger partial charge on any atom is -0.393 e. The lowest BCUT2D eigenvalue weighted by molar-refractivity contribution is -0.151. The van der Waals surface area contributed by atoms with Crippen LogP contribution in [0.1, 0.15) is 58.8 Å². The molecule has 4 heteroatoms. The number of hydrogen-bond acceptors (Lipinski definition) is 3. The molecule has 0 aromatic carbocycles. The van der Waals surface area contributed by atoms with Gasteiger partial charge in [-0.3, -0.25) is 9.59 Å². The first-order valence-electron chi connectivity index (χ1n) is 10.3. The van der Waals surface area contributed by atoms with Crippen LogP contribution in [0.5, 0.6) is 0 Å². The smallest absolute Gasteiger partial charge is 0.225 e. The number of nitrogens with zero attached hydrogens (tertiary/aromatic N) is 1. The molecule has 4 nitrogen and oxygen atoms in total. The number of rotatable bonds is 1. The highest BCUT2D eigenvalue weighted by atomic mass is 16.3. The van der Waals surface area contributed by atoms with Crippen molar-refractivity contribution in [2.24, 2.45) is 34.5 Å². The molecule has 0 bridgehead atoms. The van der Waals surface area contributed by atoms with Crippen molar-refractivity contribution >= 4 is 11.7 Å². The molecule has 4 aliphatic rings. The van der Waals surface area contributed by atoms with Gasteiger partial charge in [-0.2, -0.15) is 0 Å². The van der Waals surface area contributed by atoms with E-state index < -0.39 is 0 Å². The standard InChI is InChI=1S/C22H33NO3/c1-21-10-9-14(24)11-13(21)5-6-15-16-7-8-17(20(26)23(3)4)22(16,2)12-18(25)19(15)21/h11,15-19,25H,5-10,12H2,1-4H3. The predicted molar refractivity (Wildman–Crippen MR) is 100 cm³/mol. The molecular formula is C22H33NO3. The van der Waals surface area contributed by atoms with E-state index >= 15 is 0 Å². The zero-order valence-corrected chi connectivity index (χ0v) is 16.6. The number of amides is 1. The van der Waals surface area contributed by atoms with Crippen molar-refractivity contribution in [3.8, 4) is 0 Å². The first-order chi connectivity index (χ1) is 12.2. The van der Waals surface area contributed by atoms with Gasteiger partial charge >= 0.3 is 0 Å². The van der Waals surface area contributed by atoms with Crippen molar-refractivity contribution in [2.45, 2.75) is 64.9 Å². The summed E-state index contributed by atoms with van der Waals surface area (Å²) in [6, 6.07) is 0. The van der Waals surface area contributed by atoms with Crippen LogP contribution in [-0.4, -0.2) is 41.9 Å². The summed E-state index contributed by atoms with van der Waals surface area (Å²) < 4.78 is 0. The van der Waals surface area contributed by atoms with Crippen molar-refractivity contribution in [1.29, 1.82) is 0 Å². The van der Waals surface area contributed by atoms with Crippen LogP contribution in [0.3, 0.4) is 0 Å². The maximum atomic E-state index is 12.8. The van der Waals surface area contributed by atoms with Gasteiger partial charge in [-0.1, -0.05) is 19.4 Å². The van der Waals surface area contributed by atoms with Crippen molar-refractivity contribution < 1.29 is 14.7 Å². The molecule has 0 aromatic heterocycles. The Morgan fingerprint density at radius 1 is 1.19 bits per heavy atom. The van der Waals surface area contributed by atoms with Gasteiger partial charge in [0.1, 0.15) is 0 Å². The van der Waals surface area contributed by atoms with Gasteiger partial charge in [-0.05, 0) is 73.2 Å². The number of allylic oxidation sites excluding steroid dienone is 1. The predicted octanol–water partition coefficient (Wildman–Crippen LogP) is 3.19. The number of fused-ring (bicyclic) bond motifs is 5. The van der Waals surface area contributed by atoms with Crippen molar-refractivity contribution in [1.82, 2.24) is 4.90 Å². The lowest BCUT2D eigenvalue weighted by Gasteiger charge is -2.59. The molecular weight excluding hydrogens is 326 g/mol. The number of aliphatic hydroxyl groups is 1. The van der Waals surface area contributed by atoms with Crippen LogP contribution in [0.15, 0.2) is 11.6 Å². The molecule has 7 atom stereocenters. The van der Waals surface area contributed by atoms with Gasteiger partial charge in [0.15, 0.2) is 5.78 Å². The highest BCUT2D eigenvalue weighted by Gasteiger charge is 2.63. The Balaban J connectivity index is 1.69. The van der Waals surface area contributed by atoms with E-state index in [2.05, 4.69) is 13.8 Å². The summed E-state index contributed by atoms with van der Waals surface area (Å²) in [6.45, 7) is 4.54. The van der Waals surface area contributed by atoms with E-state index in [1.807, 2.05) is 20.2 Å². The average molecular weight is 360 g/mol. The Hall–Kier alpha value is -1.16. The molecule has 26 heavy (non-hydrogen) atoms. The van der Waals surface area contributed by atoms with Gasteiger partial charge in [0.25, 0.3) is 0 Å². The fourth-order valence-electron chi connectivity index (χ4n) is 7.40. The van der Waals surface area contributed by atoms with Gasteiger partial charge in [-0.15, -0.1) is 0 Å². The monoisotopic (exact) mass is 359 g/mol. The quantitative estimate of drug-likeness (QED) is 0.782. The number of carbonyl (C=O) groups excluding carboxylic acids is 2. The minimum absolute atomic E-state index is 0.0378. The molecule has 144 valence electrons. The molecule has 0 aliphatic heterocycles. The third kappa shape index (κ3) is 2.37. The van der Waals surface area contributed by atoms with E-state index in [-0.39, 0.29) is 40.5 Å². The summed E-state index contributed by atoms with van der Waals surface area (Å²) in [5.41, 5.74) is 1.14. The van der Waals surface area contributed by atoms with E-state index in [4.69, 9.17) is 0 Å². The number of hydrogen-bond donors (Lipinski definition) is 1. The van der Waals surface area contributed by atoms with Crippen LogP contribution in [0, 0.1) is 34.5 Å². The Morgan fingerprint density at radius 2 is 1.92 bits per heavy atom. The zero-order valence-electron chi connectivity index (χ0n) is 16.6. The fraction of sp³-hybridized carbons (Fsp3) is 0.818. The summed E-state index contributed by atoms with van der Waals surface area (Å²) in [6.07, 6.45) is 7.80. The van der Waals surface area contributed by atoms with Gasteiger partial charge in [0, 0.05) is 26.4 Å². The molecule has 0 radical (unpaired) electrons. The minimum atomic E-state index is -0.376. The second kappa shape index (κ2) is 5.92. The molecule has 4 rings (SSSR count). The second-order valence-electron chi connectivity index (χ2n) is 10.0. The maximum Gasteiger partial charge on any atom is 0.225 e. The lowest BCUT2D eigenvalue weighted by atomic mass is 9.46. The van der Waals surface area contributed by atoms with Gasteiger partial charge in [0.05, 0.1) is 6.10 Å². The Kier molecular flexibility index (Phi) is 4.15. The van der Waals surface area contributed by atoms with Crippen LogP contribution in [0.4, 0.5) is 0 Å². The van der Waals surface area contributed by atoms with Crippen LogP contribution in [0.25, 0.3) is 0 Å². The van der Waals surface area contributed by atoms with Gasteiger partial charge in [-0.25, -0.2) is 0 Å². The fourth-order valence-corrected chi connectivity index (χ4v) is 7.40. The van der Waals surface area contributed by atoms with E-state index in [1.54, 1.807) is 4.90 Å². The Bertz CT molecular complexity index is 668. The van der Waals surface area contributed by atoms with E-state index in [0.29, 0.717) is 18.3 Å². The highest BCUT2D eigenvalue weighted by molar-refractivity contribution is 5.91. The van der Waals surface area contributed by atoms with Crippen molar-refractivity contribution in [3.05, 3.63) is 11.6 Å². The second-order valence-corrected chi connectivity index (χ2v) is 10.0. The molecule has 3 fully saturated rings. The SMILES string of the molecule is CN(C)C(=O)C1CCC2C3CCC4=CC(=O)CCC4(C)C3C(O)CC12C. The molecule has 7 unspecified atom stereocenters. The lowest BCUT2D eigenvalue weighted by Crippen LogP contribution is -2.57. The summed E-state index contributed by atoms with van der Waals surface area (Å²) in [4.78, 5) is 26.5. The Labute approximate surface area is 157 Å². The third-order valence-electron chi connectivity index (χ3n) is 8.63. The first-order valence-corrected chi connectivity index (χ1v) is 10.3. The zero-order chi connectivity index (χ0) is 18.9. The van der Waals surface area contributed by atoms with Crippen molar-refractivity contribution in [3.63, 3.8) is 0 Å². The number of carbonyl (C=O) groups is 2. The van der Waals surface area contributed by atoms with Crippen LogP contribution < -0.4 is 0 Å². The molecule has 3 saturated carbocycles. The van der Waals surface area contributed by atoms with Crippen LogP contribution >= 0.6 is 0 Å². The molecule has 4 aliphatic carbocycles. The summed E-state index contributed by atoms with van der Waals surface area (Å²) >= 11 is 0. The van der Waals surface area contributed by atoms with E-state index in [1.165, 1.54) is 5.57 Å². The van der Waals surface area contributed by atoms with Gasteiger partial charge in [0.2, 0.25) is 5.91 Å². The van der Waals surface area contributed by atoms with E-state index in [9.17, 15) is 14.7 Å². The molecule has 0 heterocycles. The van der Waals surface area contributed by atoms with Gasteiger partial charge < -0.3 is 10.0 Å². The van der Waals surface area contributed by atoms with Crippen molar-refractivity contribution in [2.75, 3.05) is 14.1 Å². The van der Waals surface area contributed by atoms with E-state index in [0.717, 1.165) is 38.5 Å². The summed E-state index contributed by atoms with van der Waals surface area (Å²) in [7, 11) is 3.69. The first kappa shape index (κ1) is 18.2. The molecule has 0 saturated heterocycles. The summed E-state index contributed by atoms with van der Waals surface area (Å²) in [5.74, 6) is 1.74. The van der Waals surface area contributed by atoms with Crippen LogP contribution in [-0.2, 0) is 9.59 Å². The largest absolute Gasteiger partial charge is 0.393 e.